The third-order valence-corrected chi connectivity index (χ3v) is 3.68. The smallest absolute Gasteiger partial charge is 0.0826 e. The fourth-order valence-electron chi connectivity index (χ4n) is 2.75. The summed E-state index contributed by atoms with van der Waals surface area (Å²) >= 11 is 0. The van der Waals surface area contributed by atoms with Gasteiger partial charge in [0, 0.05) is 26.2 Å². The van der Waals surface area contributed by atoms with Gasteiger partial charge in [-0.3, -0.25) is 4.90 Å². The Morgan fingerprint density at radius 1 is 1.24 bits per heavy atom. The summed E-state index contributed by atoms with van der Waals surface area (Å²) in [5.74, 6) is 0. The van der Waals surface area contributed by atoms with Gasteiger partial charge in [0.05, 0.1) is 18.8 Å². The molecule has 4 nitrogen and oxygen atoms in total. The van der Waals surface area contributed by atoms with Crippen LogP contribution in [-0.2, 0) is 9.47 Å². The molecule has 2 atom stereocenters. The molecule has 0 radical (unpaired) electrons. The zero-order valence-electron chi connectivity index (χ0n) is 11.0. The molecule has 2 aliphatic rings. The Kier molecular flexibility index (Phi) is 5.71. The largest absolute Gasteiger partial charge is 0.378 e. The lowest BCUT2D eigenvalue weighted by atomic mass is 10.1. The van der Waals surface area contributed by atoms with E-state index in [2.05, 4.69) is 10.2 Å². The first-order valence-corrected chi connectivity index (χ1v) is 6.98. The van der Waals surface area contributed by atoms with Crippen molar-refractivity contribution in [1.82, 2.24) is 10.2 Å². The van der Waals surface area contributed by atoms with E-state index in [9.17, 15) is 0 Å². The van der Waals surface area contributed by atoms with Crippen LogP contribution in [0.15, 0.2) is 0 Å². The van der Waals surface area contributed by atoms with Crippen molar-refractivity contribution in [2.45, 2.75) is 37.9 Å². The van der Waals surface area contributed by atoms with Crippen LogP contribution in [-0.4, -0.2) is 63.5 Å². The Morgan fingerprint density at radius 3 is 2.88 bits per heavy atom. The van der Waals surface area contributed by atoms with Crippen LogP contribution in [0.1, 0.15) is 25.7 Å². The van der Waals surface area contributed by atoms with E-state index in [4.69, 9.17) is 9.47 Å². The van der Waals surface area contributed by atoms with Crippen LogP contribution in [0, 0.1) is 0 Å². The third kappa shape index (κ3) is 4.54. The van der Waals surface area contributed by atoms with Crippen molar-refractivity contribution in [3.63, 3.8) is 0 Å². The van der Waals surface area contributed by atoms with Crippen molar-refractivity contribution in [1.29, 1.82) is 0 Å². The maximum atomic E-state index is 5.70. The molecule has 0 saturated carbocycles. The molecule has 2 aliphatic heterocycles. The summed E-state index contributed by atoms with van der Waals surface area (Å²) in [6.07, 6.45) is 5.93. The molecule has 0 aliphatic carbocycles. The third-order valence-electron chi connectivity index (χ3n) is 3.68. The molecule has 0 bridgehead atoms. The van der Waals surface area contributed by atoms with E-state index in [1.54, 1.807) is 0 Å². The number of nitrogens with zero attached hydrogens (tertiary/aromatic N) is 1. The van der Waals surface area contributed by atoms with Gasteiger partial charge >= 0.3 is 0 Å². The van der Waals surface area contributed by atoms with Gasteiger partial charge in [-0.05, 0) is 39.3 Å². The highest BCUT2D eigenvalue weighted by Gasteiger charge is 2.20. The Morgan fingerprint density at radius 2 is 2.12 bits per heavy atom. The molecule has 2 fully saturated rings. The number of rotatable bonds is 6. The molecule has 0 aromatic heterocycles. The predicted molar refractivity (Wildman–Crippen MR) is 68.3 cm³/mol. The van der Waals surface area contributed by atoms with Gasteiger partial charge in [-0.15, -0.1) is 0 Å². The first kappa shape index (κ1) is 13.3. The lowest BCUT2D eigenvalue weighted by molar-refractivity contribution is -0.0275. The summed E-state index contributed by atoms with van der Waals surface area (Å²) < 4.78 is 11.3. The van der Waals surface area contributed by atoms with Gasteiger partial charge in [0.25, 0.3) is 0 Å². The maximum absolute atomic E-state index is 5.70. The highest BCUT2D eigenvalue weighted by atomic mass is 16.5. The van der Waals surface area contributed by atoms with E-state index in [-0.39, 0.29) is 0 Å². The van der Waals surface area contributed by atoms with Crippen molar-refractivity contribution in [3.05, 3.63) is 0 Å². The molecule has 2 saturated heterocycles. The van der Waals surface area contributed by atoms with Crippen LogP contribution >= 0.6 is 0 Å². The van der Waals surface area contributed by atoms with Gasteiger partial charge in [-0.1, -0.05) is 0 Å². The van der Waals surface area contributed by atoms with Crippen molar-refractivity contribution in [3.8, 4) is 0 Å². The van der Waals surface area contributed by atoms with Crippen LogP contribution in [0.4, 0.5) is 0 Å². The summed E-state index contributed by atoms with van der Waals surface area (Å²) in [5, 5.41) is 3.19. The highest BCUT2D eigenvalue weighted by molar-refractivity contribution is 4.73. The SMILES string of the molecule is CNCC1CN(CCCC2CCCO2)CCO1. The van der Waals surface area contributed by atoms with E-state index >= 15 is 0 Å². The van der Waals surface area contributed by atoms with Crippen LogP contribution in [0.5, 0.6) is 0 Å². The summed E-state index contributed by atoms with van der Waals surface area (Å²) in [6.45, 7) is 6.18. The van der Waals surface area contributed by atoms with Crippen LogP contribution < -0.4 is 5.32 Å². The monoisotopic (exact) mass is 242 g/mol. The summed E-state index contributed by atoms with van der Waals surface area (Å²) in [5.41, 5.74) is 0. The van der Waals surface area contributed by atoms with Crippen molar-refractivity contribution in [2.24, 2.45) is 0 Å². The van der Waals surface area contributed by atoms with Crippen molar-refractivity contribution < 1.29 is 9.47 Å². The Hall–Kier alpha value is -0.160. The van der Waals surface area contributed by atoms with Crippen LogP contribution in [0.25, 0.3) is 0 Å². The van der Waals surface area contributed by atoms with Gasteiger partial charge in [-0.25, -0.2) is 0 Å². The summed E-state index contributed by atoms with van der Waals surface area (Å²) in [6, 6.07) is 0. The second kappa shape index (κ2) is 7.31. The predicted octanol–water partition coefficient (Wildman–Crippen LogP) is 0.866. The number of ether oxygens (including phenoxy) is 2. The standard InChI is InChI=1S/C13H26N2O2/c1-14-10-13-11-15(7-9-17-13)6-2-4-12-5-3-8-16-12/h12-14H,2-11H2,1H3. The quantitative estimate of drug-likeness (QED) is 0.749. The summed E-state index contributed by atoms with van der Waals surface area (Å²) in [4.78, 5) is 2.53. The number of morpholine rings is 1. The van der Waals surface area contributed by atoms with Crippen LogP contribution in [0.3, 0.4) is 0 Å². The van der Waals surface area contributed by atoms with E-state index in [0.717, 1.165) is 32.8 Å². The molecule has 0 aromatic carbocycles. The highest BCUT2D eigenvalue weighted by Crippen LogP contribution is 2.17. The Balaban J connectivity index is 1.58. The second-order valence-corrected chi connectivity index (χ2v) is 5.13. The lowest BCUT2D eigenvalue weighted by Gasteiger charge is -2.33. The minimum atomic E-state index is 0.372. The minimum absolute atomic E-state index is 0.372. The summed E-state index contributed by atoms with van der Waals surface area (Å²) in [7, 11) is 1.99. The zero-order valence-corrected chi connectivity index (χ0v) is 11.0. The van der Waals surface area contributed by atoms with Gasteiger partial charge < -0.3 is 14.8 Å². The van der Waals surface area contributed by atoms with E-state index in [0.29, 0.717) is 12.2 Å². The minimum Gasteiger partial charge on any atom is -0.378 e. The molecule has 4 heteroatoms. The van der Waals surface area contributed by atoms with Gasteiger partial charge in [0.2, 0.25) is 0 Å². The average Bonchev–Trinajstić information content (AvgIpc) is 2.83. The van der Waals surface area contributed by atoms with Crippen LogP contribution in [0.2, 0.25) is 0 Å². The first-order chi connectivity index (χ1) is 8.38. The molecule has 0 amide bonds. The topological polar surface area (TPSA) is 33.7 Å². The van der Waals surface area contributed by atoms with Gasteiger partial charge in [0.15, 0.2) is 0 Å². The molecule has 1 N–H and O–H groups in total. The fraction of sp³-hybridized carbons (Fsp3) is 1.00. The maximum Gasteiger partial charge on any atom is 0.0826 e. The van der Waals surface area contributed by atoms with Crippen molar-refractivity contribution in [2.75, 3.05) is 46.4 Å². The number of hydrogen-bond donors (Lipinski definition) is 1. The van der Waals surface area contributed by atoms with Crippen molar-refractivity contribution >= 4 is 0 Å². The Labute approximate surface area is 105 Å². The molecule has 0 spiro atoms. The molecule has 100 valence electrons. The van der Waals surface area contributed by atoms with E-state index in [1.807, 2.05) is 7.05 Å². The van der Waals surface area contributed by atoms with E-state index < -0.39 is 0 Å². The number of nitrogens with one attached hydrogen (secondary N) is 1. The number of hydrogen-bond acceptors (Lipinski definition) is 4. The van der Waals surface area contributed by atoms with Gasteiger partial charge in [-0.2, -0.15) is 0 Å². The molecule has 0 aromatic rings. The Bertz CT molecular complexity index is 206. The number of likely N-dealkylation sites (N-methyl/N-ethyl adjacent to an activating group) is 1. The molecular weight excluding hydrogens is 216 g/mol. The molecule has 2 unspecified atom stereocenters. The molecular formula is C13H26N2O2. The fourth-order valence-corrected chi connectivity index (χ4v) is 2.75. The first-order valence-electron chi connectivity index (χ1n) is 6.98. The van der Waals surface area contributed by atoms with Gasteiger partial charge in [0.1, 0.15) is 0 Å². The molecule has 2 rings (SSSR count). The average molecular weight is 242 g/mol. The normalized spacial score (nSPS) is 30.9. The molecule has 2 heterocycles. The van der Waals surface area contributed by atoms with E-state index in [1.165, 1.54) is 32.2 Å². The zero-order chi connectivity index (χ0) is 11.9. The lowest BCUT2D eigenvalue weighted by Crippen LogP contribution is -2.46. The molecule has 17 heavy (non-hydrogen) atoms. The second-order valence-electron chi connectivity index (χ2n) is 5.13.